The summed E-state index contributed by atoms with van der Waals surface area (Å²) in [6.45, 7) is 4.23. The Balaban J connectivity index is 2.13. The van der Waals surface area contributed by atoms with E-state index in [0.717, 1.165) is 37.9 Å². The van der Waals surface area contributed by atoms with E-state index in [2.05, 4.69) is 11.8 Å². The molecule has 0 N–H and O–H groups in total. The molecule has 0 amide bonds. The highest BCUT2D eigenvalue weighted by Gasteiger charge is 2.30. The van der Waals surface area contributed by atoms with Crippen LogP contribution in [0.4, 0.5) is 0 Å². The van der Waals surface area contributed by atoms with E-state index < -0.39 is 0 Å². The summed E-state index contributed by atoms with van der Waals surface area (Å²) in [5.41, 5.74) is 0.820. The highest BCUT2D eigenvalue weighted by molar-refractivity contribution is 6.00. The van der Waals surface area contributed by atoms with Crippen LogP contribution < -0.4 is 0 Å². The van der Waals surface area contributed by atoms with E-state index in [1.54, 1.807) is 7.11 Å². The highest BCUT2D eigenvalue weighted by atomic mass is 16.5. The van der Waals surface area contributed by atoms with Crippen molar-refractivity contribution < 1.29 is 9.53 Å². The summed E-state index contributed by atoms with van der Waals surface area (Å²) in [6, 6.07) is 9.64. The van der Waals surface area contributed by atoms with Gasteiger partial charge in [-0.25, -0.2) is 0 Å². The van der Waals surface area contributed by atoms with Gasteiger partial charge in [0.15, 0.2) is 5.78 Å². The molecule has 0 saturated carbocycles. The van der Waals surface area contributed by atoms with Crippen LogP contribution in [0, 0.1) is 0 Å². The lowest BCUT2D eigenvalue weighted by Crippen LogP contribution is -2.42. The second-order valence-electron chi connectivity index (χ2n) is 5.87. The van der Waals surface area contributed by atoms with Crippen LogP contribution in [0.25, 0.3) is 0 Å². The largest absolute Gasteiger partial charge is 0.381 e. The second kappa shape index (κ2) is 8.30. The van der Waals surface area contributed by atoms with Gasteiger partial charge < -0.3 is 4.74 Å². The number of hydrogen-bond donors (Lipinski definition) is 0. The number of nitrogens with zero attached hydrogens (tertiary/aromatic N) is 1. The maximum absolute atomic E-state index is 12.9. The molecular weight excluding hydrogens is 262 g/mol. The molecule has 0 radical (unpaired) electrons. The quantitative estimate of drug-likeness (QED) is 0.686. The van der Waals surface area contributed by atoms with E-state index in [-0.39, 0.29) is 17.9 Å². The lowest BCUT2D eigenvalue weighted by Gasteiger charge is -2.29. The van der Waals surface area contributed by atoms with Gasteiger partial charge in [0.25, 0.3) is 0 Å². The second-order valence-corrected chi connectivity index (χ2v) is 5.87. The van der Waals surface area contributed by atoms with Crippen molar-refractivity contribution in [1.82, 2.24) is 4.90 Å². The van der Waals surface area contributed by atoms with Crippen molar-refractivity contribution >= 4 is 5.78 Å². The maximum Gasteiger partial charge on any atom is 0.180 e. The number of carbonyl (C=O) groups excluding carboxylic acids is 1. The number of Topliss-reactive ketones (excluding diaryl/α,β-unsaturated/α-hetero) is 1. The summed E-state index contributed by atoms with van der Waals surface area (Å²) in [5.74, 6) is 0.246. The monoisotopic (exact) mass is 289 g/mol. The van der Waals surface area contributed by atoms with Crippen LogP contribution in [0.1, 0.15) is 49.4 Å². The zero-order valence-corrected chi connectivity index (χ0v) is 13.3. The van der Waals surface area contributed by atoms with Gasteiger partial charge in [0.2, 0.25) is 0 Å². The standard InChI is InChI=1S/C18H27NO2/c1-3-9-16(21-2)14-17(19-12-7-8-13-19)18(20)15-10-5-4-6-11-15/h4-6,10-11,16-17H,3,7-9,12-14H2,1-2H3. The van der Waals surface area contributed by atoms with Gasteiger partial charge in [-0.2, -0.15) is 0 Å². The van der Waals surface area contributed by atoms with Crippen molar-refractivity contribution in [2.45, 2.75) is 51.2 Å². The van der Waals surface area contributed by atoms with E-state index in [1.165, 1.54) is 12.8 Å². The number of benzene rings is 1. The number of ether oxygens (including phenoxy) is 1. The molecule has 0 bridgehead atoms. The molecule has 0 aromatic heterocycles. The molecule has 116 valence electrons. The van der Waals surface area contributed by atoms with Gasteiger partial charge >= 0.3 is 0 Å². The summed E-state index contributed by atoms with van der Waals surface area (Å²) in [5, 5.41) is 0. The van der Waals surface area contributed by atoms with Gasteiger partial charge in [-0.15, -0.1) is 0 Å². The third kappa shape index (κ3) is 4.39. The van der Waals surface area contributed by atoms with Gasteiger partial charge in [0.1, 0.15) is 0 Å². The fourth-order valence-electron chi connectivity index (χ4n) is 3.17. The molecule has 3 heteroatoms. The molecule has 1 aliphatic rings. The third-order valence-electron chi connectivity index (χ3n) is 4.37. The molecule has 1 fully saturated rings. The number of carbonyl (C=O) groups is 1. The van der Waals surface area contributed by atoms with E-state index in [0.29, 0.717) is 0 Å². The molecular formula is C18H27NO2. The predicted octanol–water partition coefficient (Wildman–Crippen LogP) is 3.54. The molecule has 0 aliphatic carbocycles. The van der Waals surface area contributed by atoms with Gasteiger partial charge in [0.05, 0.1) is 12.1 Å². The zero-order chi connectivity index (χ0) is 15.1. The lowest BCUT2D eigenvalue weighted by atomic mass is 9.96. The Morgan fingerprint density at radius 2 is 1.90 bits per heavy atom. The van der Waals surface area contributed by atoms with Crippen molar-refractivity contribution in [3.05, 3.63) is 35.9 Å². The molecule has 1 saturated heterocycles. The van der Waals surface area contributed by atoms with Gasteiger partial charge in [-0.05, 0) is 38.8 Å². The first-order valence-electron chi connectivity index (χ1n) is 8.12. The summed E-state index contributed by atoms with van der Waals surface area (Å²) in [6.07, 6.45) is 5.48. The molecule has 1 heterocycles. The Morgan fingerprint density at radius 1 is 1.24 bits per heavy atom. The van der Waals surface area contributed by atoms with E-state index in [1.807, 2.05) is 30.3 Å². The van der Waals surface area contributed by atoms with Gasteiger partial charge in [0, 0.05) is 12.7 Å². The number of ketones is 1. The van der Waals surface area contributed by atoms with Crippen molar-refractivity contribution in [2.24, 2.45) is 0 Å². The molecule has 3 nitrogen and oxygen atoms in total. The number of likely N-dealkylation sites (tertiary alicyclic amines) is 1. The van der Waals surface area contributed by atoms with Crippen LogP contribution in [-0.4, -0.2) is 43.0 Å². The van der Waals surface area contributed by atoms with Crippen LogP contribution in [0.15, 0.2) is 30.3 Å². The molecule has 2 unspecified atom stereocenters. The first-order chi connectivity index (χ1) is 10.3. The molecule has 2 rings (SSSR count). The minimum atomic E-state index is -0.0357. The fourth-order valence-corrected chi connectivity index (χ4v) is 3.17. The Labute approximate surface area is 128 Å². The van der Waals surface area contributed by atoms with Gasteiger partial charge in [-0.3, -0.25) is 9.69 Å². The normalized spacial score (nSPS) is 18.6. The summed E-state index contributed by atoms with van der Waals surface area (Å²) in [7, 11) is 1.76. The predicted molar refractivity (Wildman–Crippen MR) is 85.7 cm³/mol. The summed E-state index contributed by atoms with van der Waals surface area (Å²) in [4.78, 5) is 15.2. The molecule has 1 aromatic rings. The van der Waals surface area contributed by atoms with Crippen LogP contribution in [0.2, 0.25) is 0 Å². The molecule has 1 aromatic carbocycles. The number of rotatable bonds is 8. The van der Waals surface area contributed by atoms with Crippen LogP contribution in [-0.2, 0) is 4.74 Å². The maximum atomic E-state index is 12.9. The lowest BCUT2D eigenvalue weighted by molar-refractivity contribution is 0.0510. The Hall–Kier alpha value is -1.19. The van der Waals surface area contributed by atoms with E-state index >= 15 is 0 Å². The topological polar surface area (TPSA) is 29.5 Å². The first-order valence-corrected chi connectivity index (χ1v) is 8.12. The molecule has 1 aliphatic heterocycles. The number of methoxy groups -OCH3 is 1. The molecule has 2 atom stereocenters. The smallest absolute Gasteiger partial charge is 0.180 e. The number of hydrogen-bond acceptors (Lipinski definition) is 3. The fraction of sp³-hybridized carbons (Fsp3) is 0.611. The van der Waals surface area contributed by atoms with Crippen LogP contribution >= 0.6 is 0 Å². The summed E-state index contributed by atoms with van der Waals surface area (Å²) >= 11 is 0. The van der Waals surface area contributed by atoms with Crippen molar-refractivity contribution in [2.75, 3.05) is 20.2 Å². The zero-order valence-electron chi connectivity index (χ0n) is 13.3. The minimum Gasteiger partial charge on any atom is -0.381 e. The van der Waals surface area contributed by atoms with Crippen LogP contribution in [0.5, 0.6) is 0 Å². The average molecular weight is 289 g/mol. The van der Waals surface area contributed by atoms with Crippen molar-refractivity contribution in [1.29, 1.82) is 0 Å². The molecule has 0 spiro atoms. The van der Waals surface area contributed by atoms with Crippen molar-refractivity contribution in [3.63, 3.8) is 0 Å². The Bertz CT molecular complexity index is 426. The van der Waals surface area contributed by atoms with E-state index in [4.69, 9.17) is 4.74 Å². The average Bonchev–Trinajstić information content (AvgIpc) is 3.05. The summed E-state index contributed by atoms with van der Waals surface area (Å²) < 4.78 is 5.59. The van der Waals surface area contributed by atoms with Crippen LogP contribution in [0.3, 0.4) is 0 Å². The minimum absolute atomic E-state index is 0.0357. The Morgan fingerprint density at radius 3 is 2.48 bits per heavy atom. The highest BCUT2D eigenvalue weighted by Crippen LogP contribution is 2.22. The van der Waals surface area contributed by atoms with E-state index in [9.17, 15) is 4.79 Å². The first kappa shape index (κ1) is 16.2. The van der Waals surface area contributed by atoms with Gasteiger partial charge in [-0.1, -0.05) is 43.7 Å². The van der Waals surface area contributed by atoms with Crippen molar-refractivity contribution in [3.8, 4) is 0 Å². The molecule has 21 heavy (non-hydrogen) atoms. The Kier molecular flexibility index (Phi) is 6.40. The SMILES string of the molecule is CCCC(CC(C(=O)c1ccccc1)N1CCCC1)OC. The third-order valence-corrected chi connectivity index (χ3v) is 4.37.